The molecule has 0 aliphatic carbocycles. The fourth-order valence-electron chi connectivity index (χ4n) is 2.24. The molecule has 1 nitrogen and oxygen atoms in total. The summed E-state index contributed by atoms with van der Waals surface area (Å²) in [6.45, 7) is 2.00. The first-order chi connectivity index (χ1) is 10.1. The van der Waals surface area contributed by atoms with Crippen molar-refractivity contribution in [3.63, 3.8) is 0 Å². The van der Waals surface area contributed by atoms with Crippen LogP contribution in [0.4, 0.5) is 0 Å². The van der Waals surface area contributed by atoms with Gasteiger partial charge in [0.1, 0.15) is 0 Å². The van der Waals surface area contributed by atoms with Crippen LogP contribution in [-0.4, -0.2) is 0 Å². The third-order valence-corrected chi connectivity index (χ3v) is 5.41. The Bertz CT molecular complexity index is 783. The van der Waals surface area contributed by atoms with Crippen molar-refractivity contribution < 1.29 is 0 Å². The Morgan fingerprint density at radius 1 is 0.952 bits per heavy atom. The van der Waals surface area contributed by atoms with Crippen molar-refractivity contribution in [2.75, 3.05) is 0 Å². The van der Waals surface area contributed by atoms with E-state index in [1.807, 2.05) is 6.92 Å². The predicted octanol–water partition coefficient (Wildman–Crippen LogP) is 5.77. The van der Waals surface area contributed by atoms with Gasteiger partial charge >= 0.3 is 0 Å². The molecule has 21 heavy (non-hydrogen) atoms. The Morgan fingerprint density at radius 3 is 2.43 bits per heavy atom. The molecule has 0 fully saturated rings. The van der Waals surface area contributed by atoms with E-state index in [0.717, 1.165) is 10.0 Å². The average Bonchev–Trinajstić information content (AvgIpc) is 2.49. The largest absolute Gasteiger partial charge is 0.324 e. The van der Waals surface area contributed by atoms with Gasteiger partial charge in [0.15, 0.2) is 0 Å². The summed E-state index contributed by atoms with van der Waals surface area (Å²) in [5.41, 5.74) is 7.06. The molecule has 1 unspecified atom stereocenters. The summed E-state index contributed by atoms with van der Waals surface area (Å²) in [6, 6.07) is 21.4. The maximum Gasteiger partial charge on any atom is 0.0318 e. The van der Waals surface area contributed by atoms with Crippen molar-refractivity contribution in [1.82, 2.24) is 0 Å². The fourth-order valence-corrected chi connectivity index (χ4v) is 3.75. The Balaban J connectivity index is 1.91. The molecule has 2 N–H and O–H groups in total. The molecule has 0 saturated heterocycles. The van der Waals surface area contributed by atoms with Gasteiger partial charge < -0.3 is 5.73 Å². The van der Waals surface area contributed by atoms with Crippen LogP contribution in [0.2, 0.25) is 0 Å². The Hall–Kier alpha value is -1.29. The number of nitrogens with two attached hydrogens (primary N) is 1. The van der Waals surface area contributed by atoms with E-state index in [1.54, 1.807) is 11.8 Å². The highest BCUT2D eigenvalue weighted by molar-refractivity contribution is 9.10. The van der Waals surface area contributed by atoms with Gasteiger partial charge in [-0.15, -0.1) is 0 Å². The minimum atomic E-state index is 0.0565. The van der Waals surface area contributed by atoms with Crippen LogP contribution in [-0.2, 0) is 0 Å². The molecular weight excluding hydrogens is 342 g/mol. The highest BCUT2D eigenvalue weighted by atomic mass is 79.9. The minimum absolute atomic E-state index is 0.0565. The summed E-state index contributed by atoms with van der Waals surface area (Å²) in [6.07, 6.45) is 0. The Labute approximate surface area is 137 Å². The normalized spacial score (nSPS) is 12.5. The lowest BCUT2D eigenvalue weighted by molar-refractivity contribution is 0.815. The molecule has 3 heteroatoms. The highest BCUT2D eigenvalue weighted by Gasteiger charge is 2.06. The van der Waals surface area contributed by atoms with E-state index < -0.39 is 0 Å². The SMILES string of the molecule is CC(N)c1ccc(Sc2ccc3ccccc3c2)c(Br)c1. The summed E-state index contributed by atoms with van der Waals surface area (Å²) in [7, 11) is 0. The fraction of sp³-hybridized carbons (Fsp3) is 0.111. The zero-order valence-electron chi connectivity index (χ0n) is 11.7. The van der Waals surface area contributed by atoms with Crippen LogP contribution in [0, 0.1) is 0 Å². The molecule has 0 radical (unpaired) electrons. The summed E-state index contributed by atoms with van der Waals surface area (Å²) in [4.78, 5) is 2.44. The zero-order chi connectivity index (χ0) is 14.8. The van der Waals surface area contributed by atoms with Crippen molar-refractivity contribution in [2.24, 2.45) is 5.73 Å². The van der Waals surface area contributed by atoms with Crippen molar-refractivity contribution in [2.45, 2.75) is 22.8 Å². The maximum atomic E-state index is 5.92. The first-order valence-electron chi connectivity index (χ1n) is 6.85. The Morgan fingerprint density at radius 2 is 1.71 bits per heavy atom. The lowest BCUT2D eigenvalue weighted by Gasteiger charge is -2.10. The first-order valence-corrected chi connectivity index (χ1v) is 8.46. The lowest BCUT2D eigenvalue weighted by atomic mass is 10.1. The van der Waals surface area contributed by atoms with E-state index in [0.29, 0.717) is 0 Å². The van der Waals surface area contributed by atoms with E-state index in [9.17, 15) is 0 Å². The van der Waals surface area contributed by atoms with Crippen molar-refractivity contribution in [3.05, 3.63) is 70.7 Å². The van der Waals surface area contributed by atoms with Crippen molar-refractivity contribution >= 4 is 38.5 Å². The molecular formula is C18H16BrNS. The second-order valence-corrected chi connectivity index (χ2v) is 7.06. The van der Waals surface area contributed by atoms with Gasteiger partial charge in [0.05, 0.1) is 0 Å². The van der Waals surface area contributed by atoms with Crippen LogP contribution < -0.4 is 5.73 Å². The molecule has 0 saturated carbocycles. The summed E-state index contributed by atoms with van der Waals surface area (Å²) < 4.78 is 1.09. The number of hydrogen-bond donors (Lipinski definition) is 1. The Kier molecular flexibility index (Phi) is 4.34. The third kappa shape index (κ3) is 3.31. The average molecular weight is 358 g/mol. The van der Waals surface area contributed by atoms with E-state index in [1.165, 1.54) is 20.6 Å². The van der Waals surface area contributed by atoms with E-state index in [-0.39, 0.29) is 6.04 Å². The second-order valence-electron chi connectivity index (χ2n) is 5.09. The van der Waals surface area contributed by atoms with Crippen LogP contribution in [0.25, 0.3) is 10.8 Å². The third-order valence-electron chi connectivity index (χ3n) is 3.43. The van der Waals surface area contributed by atoms with Gasteiger partial charge in [-0.05, 0) is 63.5 Å². The molecule has 1 atom stereocenters. The van der Waals surface area contributed by atoms with E-state index in [2.05, 4.69) is 76.6 Å². The van der Waals surface area contributed by atoms with Gasteiger partial charge in [-0.3, -0.25) is 0 Å². The van der Waals surface area contributed by atoms with Gasteiger partial charge in [-0.2, -0.15) is 0 Å². The number of halogens is 1. The van der Waals surface area contributed by atoms with Gasteiger partial charge in [-0.1, -0.05) is 48.2 Å². The standard InChI is InChI=1S/C18H16BrNS/c1-12(20)14-7-9-18(17(19)11-14)21-16-8-6-13-4-2-3-5-15(13)10-16/h2-12H,20H2,1H3. The smallest absolute Gasteiger partial charge is 0.0318 e. The van der Waals surface area contributed by atoms with Gasteiger partial charge in [0.25, 0.3) is 0 Å². The van der Waals surface area contributed by atoms with Crippen molar-refractivity contribution in [3.8, 4) is 0 Å². The van der Waals surface area contributed by atoms with Crippen LogP contribution in [0.1, 0.15) is 18.5 Å². The summed E-state index contributed by atoms with van der Waals surface area (Å²) >= 11 is 5.41. The number of benzene rings is 3. The molecule has 0 aliphatic heterocycles. The predicted molar refractivity (Wildman–Crippen MR) is 94.8 cm³/mol. The summed E-state index contributed by atoms with van der Waals surface area (Å²) in [5.74, 6) is 0. The number of rotatable bonds is 3. The van der Waals surface area contributed by atoms with Gasteiger partial charge in [-0.25, -0.2) is 0 Å². The van der Waals surface area contributed by atoms with Crippen LogP contribution >= 0.6 is 27.7 Å². The number of fused-ring (bicyclic) bond motifs is 1. The molecule has 0 bridgehead atoms. The van der Waals surface area contributed by atoms with Gasteiger partial charge in [0.2, 0.25) is 0 Å². The quantitative estimate of drug-likeness (QED) is 0.643. The lowest BCUT2D eigenvalue weighted by Crippen LogP contribution is -2.04. The monoisotopic (exact) mass is 357 g/mol. The summed E-state index contributed by atoms with van der Waals surface area (Å²) in [5, 5.41) is 2.54. The maximum absolute atomic E-state index is 5.92. The molecule has 0 aromatic heterocycles. The van der Waals surface area contributed by atoms with Crippen molar-refractivity contribution in [1.29, 1.82) is 0 Å². The minimum Gasteiger partial charge on any atom is -0.324 e. The van der Waals surface area contributed by atoms with E-state index in [4.69, 9.17) is 5.73 Å². The first kappa shape index (κ1) is 14.6. The van der Waals surface area contributed by atoms with Crippen LogP contribution in [0.5, 0.6) is 0 Å². The highest BCUT2D eigenvalue weighted by Crippen LogP contribution is 2.35. The molecule has 3 rings (SSSR count). The topological polar surface area (TPSA) is 26.0 Å². The molecule has 106 valence electrons. The molecule has 0 heterocycles. The van der Waals surface area contributed by atoms with E-state index >= 15 is 0 Å². The second kappa shape index (κ2) is 6.22. The zero-order valence-corrected chi connectivity index (χ0v) is 14.1. The molecule has 0 spiro atoms. The molecule has 3 aromatic carbocycles. The number of hydrogen-bond acceptors (Lipinski definition) is 2. The molecule has 3 aromatic rings. The van der Waals surface area contributed by atoms with Gasteiger partial charge in [0, 0.05) is 20.3 Å². The molecule has 0 aliphatic rings. The van der Waals surface area contributed by atoms with Crippen LogP contribution in [0.15, 0.2) is 74.9 Å². The van der Waals surface area contributed by atoms with Crippen LogP contribution in [0.3, 0.4) is 0 Å². The molecule has 0 amide bonds.